The van der Waals surface area contributed by atoms with Gasteiger partial charge in [0.05, 0.1) is 0 Å². The van der Waals surface area contributed by atoms with Crippen molar-refractivity contribution in [2.75, 3.05) is 20.1 Å². The van der Waals surface area contributed by atoms with Crippen LogP contribution in [0.2, 0.25) is 0 Å². The highest BCUT2D eigenvalue weighted by atomic mass is 19.1. The number of halogens is 1. The highest BCUT2D eigenvalue weighted by Gasteiger charge is 2.24. The summed E-state index contributed by atoms with van der Waals surface area (Å²) in [5.41, 5.74) is 2.56. The molecule has 0 bridgehead atoms. The summed E-state index contributed by atoms with van der Waals surface area (Å²) in [5, 5.41) is 0. The smallest absolute Gasteiger partial charge is 0.160 e. The zero-order chi connectivity index (χ0) is 15.8. The Morgan fingerprint density at radius 2 is 1.96 bits per heavy atom. The molecule has 23 heavy (non-hydrogen) atoms. The van der Waals surface area contributed by atoms with Crippen molar-refractivity contribution in [1.29, 1.82) is 0 Å². The second-order valence-corrected chi connectivity index (χ2v) is 6.20. The molecule has 0 amide bonds. The van der Waals surface area contributed by atoms with E-state index in [2.05, 4.69) is 21.5 Å². The average molecular weight is 310 g/mol. The van der Waals surface area contributed by atoms with Gasteiger partial charge in [-0.15, -0.1) is 0 Å². The largest absolute Gasteiger partial charge is 0.306 e. The summed E-state index contributed by atoms with van der Waals surface area (Å²) in [4.78, 5) is 11.6. The molecule has 1 fully saturated rings. The minimum atomic E-state index is -0.238. The van der Waals surface area contributed by atoms with Crippen LogP contribution in [0.1, 0.15) is 18.9 Å². The monoisotopic (exact) mass is 310 g/mol. The molecule has 118 valence electrons. The van der Waals surface area contributed by atoms with E-state index in [1.165, 1.54) is 6.07 Å². The summed E-state index contributed by atoms with van der Waals surface area (Å²) >= 11 is 0. The van der Waals surface area contributed by atoms with Crippen molar-refractivity contribution in [2.24, 2.45) is 0 Å². The number of aromatic nitrogens is 3. The number of hydrogen-bond acceptors (Lipinski definition) is 3. The van der Waals surface area contributed by atoms with Gasteiger partial charge in [0.2, 0.25) is 0 Å². The van der Waals surface area contributed by atoms with Gasteiger partial charge in [-0.2, -0.15) is 0 Å². The number of imidazole rings is 1. The molecule has 1 saturated heterocycles. The molecule has 2 aromatic heterocycles. The predicted molar refractivity (Wildman–Crippen MR) is 88.7 cm³/mol. The summed E-state index contributed by atoms with van der Waals surface area (Å²) < 4.78 is 15.9. The number of piperidine rings is 1. The van der Waals surface area contributed by atoms with Gasteiger partial charge >= 0.3 is 0 Å². The lowest BCUT2D eigenvalue weighted by atomic mass is 10.0. The van der Waals surface area contributed by atoms with Gasteiger partial charge in [0, 0.05) is 17.8 Å². The fourth-order valence-corrected chi connectivity index (χ4v) is 3.36. The predicted octanol–water partition coefficient (Wildman–Crippen LogP) is 3.50. The molecule has 4 nitrogen and oxygen atoms in total. The standard InChI is InChI=1S/C18H19FN4/c1-22-10-7-15(8-11-22)23-17(13-4-2-5-14(19)12-13)21-16-6-3-9-20-18(16)23/h2-6,9,12,15H,7-8,10-11H2,1H3. The number of pyridine rings is 1. The van der Waals surface area contributed by atoms with Crippen LogP contribution in [-0.2, 0) is 0 Å². The number of nitrogens with zero attached hydrogens (tertiary/aromatic N) is 4. The molecular formula is C18H19FN4. The first kappa shape index (κ1) is 14.3. The molecule has 0 N–H and O–H groups in total. The SMILES string of the molecule is CN1CCC(n2c(-c3cccc(F)c3)nc3cccnc32)CC1. The van der Waals surface area contributed by atoms with E-state index in [0.29, 0.717) is 6.04 Å². The molecule has 0 spiro atoms. The molecular weight excluding hydrogens is 291 g/mol. The molecule has 4 rings (SSSR count). The maximum absolute atomic E-state index is 13.7. The van der Waals surface area contributed by atoms with E-state index in [1.807, 2.05) is 18.2 Å². The third-order valence-electron chi connectivity index (χ3n) is 4.58. The molecule has 0 saturated carbocycles. The maximum atomic E-state index is 13.7. The van der Waals surface area contributed by atoms with Crippen LogP contribution in [-0.4, -0.2) is 39.6 Å². The zero-order valence-electron chi connectivity index (χ0n) is 13.1. The van der Waals surface area contributed by atoms with Crippen LogP contribution in [0.25, 0.3) is 22.6 Å². The molecule has 1 aromatic carbocycles. The van der Waals surface area contributed by atoms with Crippen molar-refractivity contribution < 1.29 is 4.39 Å². The van der Waals surface area contributed by atoms with Crippen LogP contribution < -0.4 is 0 Å². The van der Waals surface area contributed by atoms with E-state index in [1.54, 1.807) is 18.3 Å². The molecule has 0 radical (unpaired) electrons. The Morgan fingerprint density at radius 3 is 2.74 bits per heavy atom. The van der Waals surface area contributed by atoms with Gasteiger partial charge in [-0.25, -0.2) is 14.4 Å². The number of likely N-dealkylation sites (tertiary alicyclic amines) is 1. The summed E-state index contributed by atoms with van der Waals surface area (Å²) in [6.45, 7) is 2.11. The van der Waals surface area contributed by atoms with Crippen LogP contribution in [0.15, 0.2) is 42.6 Å². The lowest BCUT2D eigenvalue weighted by Gasteiger charge is -2.30. The topological polar surface area (TPSA) is 34.0 Å². The minimum Gasteiger partial charge on any atom is -0.306 e. The molecule has 0 unspecified atom stereocenters. The molecule has 0 aliphatic carbocycles. The van der Waals surface area contributed by atoms with Crippen LogP contribution in [0, 0.1) is 5.82 Å². The quantitative estimate of drug-likeness (QED) is 0.726. The van der Waals surface area contributed by atoms with Crippen molar-refractivity contribution >= 4 is 11.2 Å². The van der Waals surface area contributed by atoms with Gasteiger partial charge in [-0.05, 0) is 57.2 Å². The number of fused-ring (bicyclic) bond motifs is 1. The van der Waals surface area contributed by atoms with Gasteiger partial charge in [-0.1, -0.05) is 12.1 Å². The molecule has 3 aromatic rings. The van der Waals surface area contributed by atoms with E-state index in [-0.39, 0.29) is 5.82 Å². The average Bonchev–Trinajstić information content (AvgIpc) is 2.95. The summed E-state index contributed by atoms with van der Waals surface area (Å²) in [5.74, 6) is 0.574. The normalized spacial score (nSPS) is 17.0. The van der Waals surface area contributed by atoms with Gasteiger partial charge in [0.1, 0.15) is 17.2 Å². The Balaban J connectivity index is 1.88. The first-order valence-electron chi connectivity index (χ1n) is 8.00. The van der Waals surface area contributed by atoms with Gasteiger partial charge in [0.15, 0.2) is 5.65 Å². The Hall–Kier alpha value is -2.27. The van der Waals surface area contributed by atoms with Crippen molar-refractivity contribution in [3.05, 3.63) is 48.4 Å². The number of hydrogen-bond donors (Lipinski definition) is 0. The van der Waals surface area contributed by atoms with E-state index < -0.39 is 0 Å². The van der Waals surface area contributed by atoms with E-state index in [0.717, 1.165) is 48.5 Å². The fraction of sp³-hybridized carbons (Fsp3) is 0.333. The Bertz CT molecular complexity index is 834. The summed E-state index contributed by atoms with van der Waals surface area (Å²) in [6, 6.07) is 10.9. The minimum absolute atomic E-state index is 0.238. The highest BCUT2D eigenvalue weighted by Crippen LogP contribution is 2.32. The lowest BCUT2D eigenvalue weighted by Crippen LogP contribution is -2.31. The van der Waals surface area contributed by atoms with Crippen molar-refractivity contribution in [1.82, 2.24) is 19.4 Å². The molecule has 0 atom stereocenters. The van der Waals surface area contributed by atoms with Crippen LogP contribution >= 0.6 is 0 Å². The van der Waals surface area contributed by atoms with Gasteiger partial charge < -0.3 is 9.47 Å². The van der Waals surface area contributed by atoms with Crippen LogP contribution in [0.4, 0.5) is 4.39 Å². The molecule has 3 heterocycles. The number of benzene rings is 1. The zero-order valence-corrected chi connectivity index (χ0v) is 13.1. The van der Waals surface area contributed by atoms with Crippen molar-refractivity contribution in [2.45, 2.75) is 18.9 Å². The van der Waals surface area contributed by atoms with Crippen molar-refractivity contribution in [3.63, 3.8) is 0 Å². The Labute approximate surface area is 134 Å². The second-order valence-electron chi connectivity index (χ2n) is 6.20. The third kappa shape index (κ3) is 2.61. The third-order valence-corrected chi connectivity index (χ3v) is 4.58. The van der Waals surface area contributed by atoms with Crippen LogP contribution in [0.3, 0.4) is 0 Å². The van der Waals surface area contributed by atoms with E-state index in [9.17, 15) is 4.39 Å². The first-order chi connectivity index (χ1) is 11.2. The van der Waals surface area contributed by atoms with E-state index >= 15 is 0 Å². The van der Waals surface area contributed by atoms with Crippen molar-refractivity contribution in [3.8, 4) is 11.4 Å². The Kier molecular flexibility index (Phi) is 3.58. The summed E-state index contributed by atoms with van der Waals surface area (Å²) in [7, 11) is 2.15. The lowest BCUT2D eigenvalue weighted by molar-refractivity contribution is 0.224. The highest BCUT2D eigenvalue weighted by molar-refractivity contribution is 5.77. The first-order valence-corrected chi connectivity index (χ1v) is 8.00. The Morgan fingerprint density at radius 1 is 1.13 bits per heavy atom. The van der Waals surface area contributed by atoms with E-state index in [4.69, 9.17) is 4.98 Å². The summed E-state index contributed by atoms with van der Waals surface area (Å²) in [6.07, 6.45) is 3.91. The maximum Gasteiger partial charge on any atom is 0.160 e. The number of rotatable bonds is 2. The second kappa shape index (κ2) is 5.74. The molecule has 5 heteroatoms. The van der Waals surface area contributed by atoms with Gasteiger partial charge in [0.25, 0.3) is 0 Å². The molecule has 1 aliphatic rings. The molecule has 1 aliphatic heterocycles. The van der Waals surface area contributed by atoms with Crippen LogP contribution in [0.5, 0.6) is 0 Å². The fourth-order valence-electron chi connectivity index (χ4n) is 3.36. The van der Waals surface area contributed by atoms with Gasteiger partial charge in [-0.3, -0.25) is 0 Å².